The van der Waals surface area contributed by atoms with Gasteiger partial charge in [-0.1, -0.05) is 0 Å². The number of aryl methyl sites for hydroxylation is 1. The predicted octanol–water partition coefficient (Wildman–Crippen LogP) is 2.45. The molecule has 4 heterocycles. The second-order valence-electron chi connectivity index (χ2n) is 10.9. The maximum absolute atomic E-state index is 13.3. The van der Waals surface area contributed by atoms with Crippen LogP contribution in [0.5, 0.6) is 5.88 Å². The Kier molecular flexibility index (Phi) is 6.87. The minimum atomic E-state index is -1.13. The van der Waals surface area contributed by atoms with E-state index in [4.69, 9.17) is 4.74 Å². The third-order valence-electron chi connectivity index (χ3n) is 8.10. The average molecular weight is 550 g/mol. The molecule has 1 N–H and O–H groups in total. The number of ether oxygens (including phenoxy) is 1. The molecule has 11 nitrogen and oxygen atoms in total. The van der Waals surface area contributed by atoms with Crippen molar-refractivity contribution in [3.05, 3.63) is 65.2 Å². The van der Waals surface area contributed by atoms with E-state index in [1.807, 2.05) is 24.2 Å². The molecular weight excluding hydrogens is 517 g/mol. The highest BCUT2D eigenvalue weighted by molar-refractivity contribution is 5.79. The molecule has 2 fully saturated rings. The van der Waals surface area contributed by atoms with Crippen molar-refractivity contribution in [2.75, 3.05) is 13.1 Å². The molecule has 1 amide bonds. The van der Waals surface area contributed by atoms with Crippen molar-refractivity contribution >= 4 is 16.9 Å². The molecule has 210 valence electrons. The van der Waals surface area contributed by atoms with Gasteiger partial charge in [-0.25, -0.2) is 14.1 Å². The fraction of sp³-hybridized carbons (Fsp3) is 0.464. The van der Waals surface area contributed by atoms with Gasteiger partial charge in [-0.05, 0) is 62.8 Å². The Hall–Kier alpha value is -4.06. The molecule has 1 saturated heterocycles. The van der Waals surface area contributed by atoms with Crippen LogP contribution in [0.4, 0.5) is 4.39 Å². The molecule has 0 atom stereocenters. The lowest BCUT2D eigenvalue weighted by Crippen LogP contribution is -2.51. The zero-order chi connectivity index (χ0) is 27.9. The molecule has 40 heavy (non-hydrogen) atoms. The van der Waals surface area contributed by atoms with Gasteiger partial charge in [0.15, 0.2) is 5.65 Å². The molecule has 6 rings (SSSR count). The number of aromatic nitrogens is 6. The number of aliphatic hydroxyl groups is 1. The van der Waals surface area contributed by atoms with E-state index in [0.29, 0.717) is 48.5 Å². The van der Waals surface area contributed by atoms with E-state index in [-0.39, 0.29) is 35.9 Å². The highest BCUT2D eigenvalue weighted by Crippen LogP contribution is 2.31. The van der Waals surface area contributed by atoms with Crippen molar-refractivity contribution in [3.8, 4) is 11.6 Å². The van der Waals surface area contributed by atoms with E-state index in [9.17, 15) is 19.1 Å². The molecule has 1 aliphatic heterocycles. The first-order valence-electron chi connectivity index (χ1n) is 13.6. The third kappa shape index (κ3) is 5.23. The van der Waals surface area contributed by atoms with E-state index >= 15 is 0 Å². The predicted molar refractivity (Wildman–Crippen MR) is 143 cm³/mol. The summed E-state index contributed by atoms with van der Waals surface area (Å²) < 4.78 is 23.9. The summed E-state index contributed by atoms with van der Waals surface area (Å²) in [6, 6.07) is 7.61. The summed E-state index contributed by atoms with van der Waals surface area (Å²) in [6.45, 7) is 0.952. The number of benzene rings is 1. The first-order chi connectivity index (χ1) is 19.3. The first-order valence-corrected chi connectivity index (χ1v) is 13.6. The van der Waals surface area contributed by atoms with Gasteiger partial charge >= 0.3 is 0 Å². The molecule has 1 saturated carbocycles. The quantitative estimate of drug-likeness (QED) is 0.392. The number of piperidine rings is 1. The number of rotatable bonds is 6. The normalized spacial score (nSPS) is 21.0. The number of hydrogen-bond donors (Lipinski definition) is 1. The maximum atomic E-state index is 13.3. The summed E-state index contributed by atoms with van der Waals surface area (Å²) in [5.74, 6) is 0.339. The number of nitrogens with zero attached hydrogens (tertiary/aromatic N) is 7. The zero-order valence-corrected chi connectivity index (χ0v) is 22.3. The molecule has 0 radical (unpaired) electrons. The Morgan fingerprint density at radius 3 is 2.52 bits per heavy atom. The van der Waals surface area contributed by atoms with Crippen molar-refractivity contribution in [3.63, 3.8) is 0 Å². The Labute approximate surface area is 229 Å². The Bertz CT molecular complexity index is 1560. The molecule has 12 heteroatoms. The molecule has 1 aliphatic carbocycles. The van der Waals surface area contributed by atoms with E-state index in [2.05, 4.69) is 15.2 Å². The third-order valence-corrected chi connectivity index (χ3v) is 8.10. The van der Waals surface area contributed by atoms with Crippen molar-refractivity contribution in [1.29, 1.82) is 0 Å². The largest absolute Gasteiger partial charge is 0.473 e. The zero-order valence-electron chi connectivity index (χ0n) is 22.3. The van der Waals surface area contributed by atoms with Crippen LogP contribution in [-0.4, -0.2) is 69.8 Å². The van der Waals surface area contributed by atoms with Crippen molar-refractivity contribution in [1.82, 2.24) is 34.0 Å². The minimum absolute atomic E-state index is 0.0401. The molecule has 1 aromatic carbocycles. The van der Waals surface area contributed by atoms with Gasteiger partial charge in [0.2, 0.25) is 11.8 Å². The summed E-state index contributed by atoms with van der Waals surface area (Å²) in [5, 5.41) is 20.2. The molecule has 3 aromatic heterocycles. The lowest BCUT2D eigenvalue weighted by molar-refractivity contribution is -0.141. The second-order valence-corrected chi connectivity index (χ2v) is 10.9. The summed E-state index contributed by atoms with van der Waals surface area (Å²) in [4.78, 5) is 32.7. The van der Waals surface area contributed by atoms with Gasteiger partial charge in [-0.3, -0.25) is 18.8 Å². The van der Waals surface area contributed by atoms with Crippen LogP contribution in [0.1, 0.15) is 38.5 Å². The van der Waals surface area contributed by atoms with E-state index in [1.165, 1.54) is 33.9 Å². The van der Waals surface area contributed by atoms with Crippen LogP contribution in [-0.2, 0) is 18.4 Å². The lowest BCUT2D eigenvalue weighted by Gasteiger charge is -2.40. The molecular formula is C28H32FN7O4. The van der Waals surface area contributed by atoms with Gasteiger partial charge in [0.1, 0.15) is 23.6 Å². The number of fused-ring (bicyclic) bond motifs is 1. The van der Waals surface area contributed by atoms with Crippen LogP contribution >= 0.6 is 0 Å². The number of hydrogen-bond acceptors (Lipinski definition) is 7. The molecule has 0 unspecified atom stereocenters. The van der Waals surface area contributed by atoms with Crippen molar-refractivity contribution in [2.24, 2.45) is 13.0 Å². The summed E-state index contributed by atoms with van der Waals surface area (Å²) >= 11 is 0. The standard InChI is InChI=1S/C28H32FN7O4/c1-33-13-10-24(32-33)40-22-8-2-19(3-9-22)26(37)34-14-11-28(39,12-15-34)17-35-18-30-25-23(27(35)38)16-31-36(25)21-6-4-20(29)5-7-21/h4-7,10,13,16,18-19,22,39H,2-3,8-9,11-12,14-15,17H2,1H3/t19-,22-. The number of carbonyl (C=O) groups is 1. The Morgan fingerprint density at radius 2 is 1.85 bits per heavy atom. The maximum Gasteiger partial charge on any atom is 0.264 e. The highest BCUT2D eigenvalue weighted by Gasteiger charge is 2.37. The van der Waals surface area contributed by atoms with Gasteiger partial charge in [0.25, 0.3) is 5.56 Å². The van der Waals surface area contributed by atoms with Gasteiger partial charge in [-0.2, -0.15) is 5.10 Å². The van der Waals surface area contributed by atoms with Crippen molar-refractivity contribution in [2.45, 2.75) is 56.8 Å². The molecule has 0 bridgehead atoms. The highest BCUT2D eigenvalue weighted by atomic mass is 19.1. The van der Waals surface area contributed by atoms with Crippen LogP contribution in [0.15, 0.2) is 53.8 Å². The molecule has 2 aliphatic rings. The van der Waals surface area contributed by atoms with Gasteiger partial charge < -0.3 is 14.7 Å². The summed E-state index contributed by atoms with van der Waals surface area (Å²) in [5.41, 5.74) is -0.488. The number of carbonyl (C=O) groups excluding carboxylic acids is 1. The van der Waals surface area contributed by atoms with Crippen LogP contribution in [0.25, 0.3) is 16.7 Å². The fourth-order valence-electron chi connectivity index (χ4n) is 5.76. The van der Waals surface area contributed by atoms with Crippen LogP contribution in [0.2, 0.25) is 0 Å². The number of amides is 1. The first kappa shape index (κ1) is 26.2. The van der Waals surface area contributed by atoms with Crippen LogP contribution < -0.4 is 10.3 Å². The topological polar surface area (TPSA) is 120 Å². The van der Waals surface area contributed by atoms with Crippen molar-refractivity contribution < 1.29 is 19.0 Å². The van der Waals surface area contributed by atoms with Crippen LogP contribution in [0, 0.1) is 11.7 Å². The van der Waals surface area contributed by atoms with E-state index < -0.39 is 5.60 Å². The number of halogens is 1. The van der Waals surface area contributed by atoms with Gasteiger partial charge in [-0.15, -0.1) is 5.10 Å². The monoisotopic (exact) mass is 549 g/mol. The SMILES string of the molecule is Cn1ccc(O[C@H]2CC[C@H](C(=O)N3CCC(O)(Cn4cnc5c(cnn5-c5ccc(F)cc5)c4=O)CC3)CC2)n1. The van der Waals surface area contributed by atoms with Crippen LogP contribution in [0.3, 0.4) is 0 Å². The van der Waals surface area contributed by atoms with Gasteiger partial charge in [0, 0.05) is 38.3 Å². The number of likely N-dealkylation sites (tertiary alicyclic amines) is 1. The smallest absolute Gasteiger partial charge is 0.264 e. The summed E-state index contributed by atoms with van der Waals surface area (Å²) in [6.07, 6.45) is 8.65. The second kappa shape index (κ2) is 10.5. The van der Waals surface area contributed by atoms with E-state index in [1.54, 1.807) is 16.8 Å². The lowest BCUT2D eigenvalue weighted by atomic mass is 9.85. The fourth-order valence-corrected chi connectivity index (χ4v) is 5.76. The van der Waals surface area contributed by atoms with Gasteiger partial charge in [0.05, 0.1) is 24.0 Å². The minimum Gasteiger partial charge on any atom is -0.473 e. The van der Waals surface area contributed by atoms with E-state index in [0.717, 1.165) is 25.7 Å². The Morgan fingerprint density at radius 1 is 1.12 bits per heavy atom. The molecule has 4 aromatic rings. The Balaban J connectivity index is 1.05. The molecule has 0 spiro atoms. The summed E-state index contributed by atoms with van der Waals surface area (Å²) in [7, 11) is 1.85. The average Bonchev–Trinajstić information content (AvgIpc) is 3.57.